The average molecular weight is 469 g/mol. The van der Waals surface area contributed by atoms with E-state index in [1.54, 1.807) is 36.3 Å². The molecule has 0 spiro atoms. The van der Waals surface area contributed by atoms with Crippen LogP contribution in [0.2, 0.25) is 0 Å². The number of carbonyl (C=O) groups is 1. The van der Waals surface area contributed by atoms with Gasteiger partial charge in [0.15, 0.2) is 11.5 Å². The molecule has 1 fully saturated rings. The number of hydrogen-bond donors (Lipinski definition) is 0. The van der Waals surface area contributed by atoms with Crippen molar-refractivity contribution in [3.8, 4) is 23.0 Å². The molecule has 1 saturated heterocycles. The van der Waals surface area contributed by atoms with Crippen LogP contribution >= 0.6 is 0 Å². The third-order valence-electron chi connectivity index (χ3n) is 6.00. The summed E-state index contributed by atoms with van der Waals surface area (Å²) in [6.45, 7) is 3.02. The van der Waals surface area contributed by atoms with Gasteiger partial charge in [-0.2, -0.15) is 0 Å². The van der Waals surface area contributed by atoms with Crippen molar-refractivity contribution < 1.29 is 28.2 Å². The lowest BCUT2D eigenvalue weighted by atomic mass is 10.1. The molecule has 0 unspecified atom stereocenters. The van der Waals surface area contributed by atoms with Crippen LogP contribution in [0.15, 0.2) is 45.6 Å². The first-order valence-corrected chi connectivity index (χ1v) is 10.9. The van der Waals surface area contributed by atoms with Gasteiger partial charge in [0.2, 0.25) is 5.75 Å². The first-order chi connectivity index (χ1) is 16.5. The van der Waals surface area contributed by atoms with Gasteiger partial charge in [-0.15, -0.1) is 0 Å². The van der Waals surface area contributed by atoms with Crippen molar-refractivity contribution >= 4 is 16.9 Å². The van der Waals surface area contributed by atoms with Gasteiger partial charge in [-0.05, 0) is 35.9 Å². The highest BCUT2D eigenvalue weighted by molar-refractivity contribution is 5.95. The molecular formula is C25H28N2O7. The number of piperazine rings is 1. The lowest BCUT2D eigenvalue weighted by Crippen LogP contribution is -2.48. The Morgan fingerprint density at radius 3 is 2.15 bits per heavy atom. The van der Waals surface area contributed by atoms with Crippen LogP contribution in [0, 0.1) is 0 Å². The summed E-state index contributed by atoms with van der Waals surface area (Å²) in [5.41, 5.74) is 1.49. The molecule has 0 N–H and O–H groups in total. The van der Waals surface area contributed by atoms with Crippen LogP contribution in [0.5, 0.6) is 23.0 Å². The maximum Gasteiger partial charge on any atom is 0.336 e. The van der Waals surface area contributed by atoms with Crippen molar-refractivity contribution in [2.45, 2.75) is 6.54 Å². The summed E-state index contributed by atoms with van der Waals surface area (Å²) in [4.78, 5) is 29.2. The number of rotatable bonds is 7. The van der Waals surface area contributed by atoms with E-state index >= 15 is 0 Å². The summed E-state index contributed by atoms with van der Waals surface area (Å²) in [5, 5.41) is 0.842. The van der Waals surface area contributed by atoms with E-state index in [0.717, 1.165) is 10.9 Å². The van der Waals surface area contributed by atoms with Crippen molar-refractivity contribution in [2.75, 3.05) is 54.6 Å². The first kappa shape index (κ1) is 23.4. The molecule has 0 radical (unpaired) electrons. The molecule has 9 nitrogen and oxygen atoms in total. The third-order valence-corrected chi connectivity index (χ3v) is 6.00. The number of benzene rings is 2. The summed E-state index contributed by atoms with van der Waals surface area (Å²) in [5.74, 6) is 1.92. The third kappa shape index (κ3) is 4.65. The van der Waals surface area contributed by atoms with Crippen molar-refractivity contribution in [1.29, 1.82) is 0 Å². The Morgan fingerprint density at radius 1 is 0.882 bits per heavy atom. The highest BCUT2D eigenvalue weighted by atomic mass is 16.5. The molecule has 1 aliphatic heterocycles. The van der Waals surface area contributed by atoms with Crippen LogP contribution in [-0.4, -0.2) is 70.3 Å². The molecule has 1 aliphatic rings. The molecule has 0 bridgehead atoms. The van der Waals surface area contributed by atoms with E-state index in [0.29, 0.717) is 66.9 Å². The maximum absolute atomic E-state index is 13.2. The Bertz CT molecular complexity index is 1220. The van der Waals surface area contributed by atoms with Crippen molar-refractivity contribution in [3.05, 3.63) is 57.9 Å². The summed E-state index contributed by atoms with van der Waals surface area (Å²) < 4.78 is 26.8. The van der Waals surface area contributed by atoms with Gasteiger partial charge in [-0.25, -0.2) is 4.79 Å². The fourth-order valence-electron chi connectivity index (χ4n) is 4.20. The fraction of sp³-hybridized carbons (Fsp3) is 0.360. The maximum atomic E-state index is 13.2. The zero-order valence-electron chi connectivity index (χ0n) is 19.8. The van der Waals surface area contributed by atoms with Gasteiger partial charge in [0.1, 0.15) is 11.3 Å². The minimum Gasteiger partial charge on any atom is -0.497 e. The average Bonchev–Trinajstić information content (AvgIpc) is 2.87. The molecule has 9 heteroatoms. The van der Waals surface area contributed by atoms with E-state index < -0.39 is 0 Å². The molecule has 0 aliphatic carbocycles. The number of methoxy groups -OCH3 is 4. The van der Waals surface area contributed by atoms with Gasteiger partial charge in [-0.3, -0.25) is 9.69 Å². The number of ether oxygens (including phenoxy) is 4. The van der Waals surface area contributed by atoms with E-state index in [1.807, 2.05) is 6.07 Å². The standard InChI is InChI=1S/C25H28N2O7/c1-30-18-5-6-20-19(14-18)17(13-23(28)34-20)15-26-7-9-27(10-8-26)25(29)16-11-21(31-2)24(33-4)22(12-16)32-3/h5-6,11-14H,7-10,15H2,1-4H3. The van der Waals surface area contributed by atoms with Crippen molar-refractivity contribution in [1.82, 2.24) is 9.80 Å². The summed E-state index contributed by atoms with van der Waals surface area (Å²) in [6, 6.07) is 10.2. The second-order valence-electron chi connectivity index (χ2n) is 7.94. The minimum absolute atomic E-state index is 0.102. The molecule has 2 heterocycles. The Hall–Kier alpha value is -3.72. The molecule has 0 atom stereocenters. The highest BCUT2D eigenvalue weighted by Crippen LogP contribution is 2.38. The van der Waals surface area contributed by atoms with E-state index in [9.17, 15) is 9.59 Å². The van der Waals surface area contributed by atoms with Crippen LogP contribution in [-0.2, 0) is 6.54 Å². The summed E-state index contributed by atoms with van der Waals surface area (Å²) in [7, 11) is 6.17. The second-order valence-corrected chi connectivity index (χ2v) is 7.94. The van der Waals surface area contributed by atoms with Crippen LogP contribution in [0.3, 0.4) is 0 Å². The quantitative estimate of drug-likeness (QED) is 0.489. The predicted molar refractivity (Wildman–Crippen MR) is 126 cm³/mol. The SMILES string of the molecule is COc1ccc2oc(=O)cc(CN3CCN(C(=O)c4cc(OC)c(OC)c(OC)c4)CC3)c2c1. The molecule has 1 aromatic heterocycles. The Labute approximate surface area is 197 Å². The molecule has 0 saturated carbocycles. The predicted octanol–water partition coefficient (Wildman–Crippen LogP) is 2.79. The topological polar surface area (TPSA) is 90.7 Å². The molecule has 4 rings (SSSR count). The Balaban J connectivity index is 1.48. The zero-order valence-corrected chi connectivity index (χ0v) is 19.8. The number of amides is 1. The van der Waals surface area contributed by atoms with Gasteiger partial charge in [0.05, 0.1) is 28.4 Å². The number of hydrogen-bond acceptors (Lipinski definition) is 8. The summed E-state index contributed by atoms with van der Waals surface area (Å²) in [6.07, 6.45) is 0. The van der Waals surface area contributed by atoms with Gasteiger partial charge in [-0.1, -0.05) is 0 Å². The number of carbonyl (C=O) groups excluding carboxylic acids is 1. The van der Waals surface area contributed by atoms with E-state index in [1.165, 1.54) is 27.4 Å². The Morgan fingerprint density at radius 2 is 1.56 bits per heavy atom. The van der Waals surface area contributed by atoms with Gasteiger partial charge < -0.3 is 28.3 Å². The zero-order chi connectivity index (χ0) is 24.2. The van der Waals surface area contributed by atoms with Gasteiger partial charge >= 0.3 is 5.63 Å². The Kier molecular flexibility index (Phi) is 6.93. The van der Waals surface area contributed by atoms with Crippen LogP contribution in [0.25, 0.3) is 11.0 Å². The molecule has 1 amide bonds. The van der Waals surface area contributed by atoms with Gasteiger partial charge in [0.25, 0.3) is 5.91 Å². The normalized spacial score (nSPS) is 14.2. The monoisotopic (exact) mass is 468 g/mol. The van der Waals surface area contributed by atoms with Crippen LogP contribution in [0.1, 0.15) is 15.9 Å². The minimum atomic E-state index is -0.385. The van der Waals surface area contributed by atoms with Crippen LogP contribution < -0.4 is 24.6 Å². The number of fused-ring (bicyclic) bond motifs is 1. The molecule has 180 valence electrons. The van der Waals surface area contributed by atoms with Gasteiger partial charge in [0, 0.05) is 49.7 Å². The van der Waals surface area contributed by atoms with Crippen molar-refractivity contribution in [3.63, 3.8) is 0 Å². The first-order valence-electron chi connectivity index (χ1n) is 10.9. The molecule has 34 heavy (non-hydrogen) atoms. The lowest BCUT2D eigenvalue weighted by Gasteiger charge is -2.35. The largest absolute Gasteiger partial charge is 0.497 e. The highest BCUT2D eigenvalue weighted by Gasteiger charge is 2.25. The molecular weight excluding hydrogens is 440 g/mol. The smallest absolute Gasteiger partial charge is 0.336 e. The van der Waals surface area contributed by atoms with E-state index in [2.05, 4.69) is 4.90 Å². The van der Waals surface area contributed by atoms with E-state index in [4.69, 9.17) is 23.4 Å². The number of nitrogens with zero attached hydrogens (tertiary/aromatic N) is 2. The van der Waals surface area contributed by atoms with E-state index in [-0.39, 0.29) is 11.5 Å². The van der Waals surface area contributed by atoms with Crippen LogP contribution in [0.4, 0.5) is 0 Å². The molecule has 3 aromatic rings. The van der Waals surface area contributed by atoms with Crippen molar-refractivity contribution in [2.24, 2.45) is 0 Å². The second kappa shape index (κ2) is 10.0. The fourth-order valence-corrected chi connectivity index (χ4v) is 4.20. The lowest BCUT2D eigenvalue weighted by molar-refractivity contribution is 0.0628. The molecule has 2 aromatic carbocycles. The summed E-state index contributed by atoms with van der Waals surface area (Å²) >= 11 is 0.